The van der Waals surface area contributed by atoms with Crippen LogP contribution < -0.4 is 15.8 Å². The van der Waals surface area contributed by atoms with Crippen LogP contribution in [0.5, 0.6) is 5.75 Å². The Morgan fingerprint density at radius 2 is 1.96 bits per heavy atom. The maximum atomic E-state index is 12.4. The summed E-state index contributed by atoms with van der Waals surface area (Å²) in [5.74, 6) is 0.276. The van der Waals surface area contributed by atoms with Crippen LogP contribution in [0.1, 0.15) is 41.6 Å². The van der Waals surface area contributed by atoms with E-state index in [1.165, 1.54) is 0 Å². The largest absolute Gasteiger partial charge is 0.484 e. The number of nitrogens with two attached hydrogens (primary N) is 1. The van der Waals surface area contributed by atoms with Crippen molar-refractivity contribution in [3.05, 3.63) is 41.3 Å². The van der Waals surface area contributed by atoms with E-state index in [9.17, 15) is 9.59 Å². The Balaban J connectivity index is 2.09. The van der Waals surface area contributed by atoms with Gasteiger partial charge in [0.2, 0.25) is 0 Å². The number of aromatic nitrogens is 1. The summed E-state index contributed by atoms with van der Waals surface area (Å²) in [5.41, 5.74) is 6.60. The van der Waals surface area contributed by atoms with E-state index in [1.54, 1.807) is 31.2 Å². The lowest BCUT2D eigenvalue weighted by Crippen LogP contribution is -2.20. The Morgan fingerprint density at radius 3 is 2.52 bits per heavy atom. The molecule has 2 amide bonds. The van der Waals surface area contributed by atoms with Gasteiger partial charge in [-0.3, -0.25) is 9.59 Å². The van der Waals surface area contributed by atoms with Crippen LogP contribution >= 0.6 is 0 Å². The van der Waals surface area contributed by atoms with Gasteiger partial charge < -0.3 is 20.3 Å². The number of ether oxygens (including phenoxy) is 1. The van der Waals surface area contributed by atoms with Crippen molar-refractivity contribution >= 4 is 17.5 Å². The zero-order valence-corrected chi connectivity index (χ0v) is 13.3. The van der Waals surface area contributed by atoms with Gasteiger partial charge in [-0.25, -0.2) is 0 Å². The van der Waals surface area contributed by atoms with Crippen LogP contribution in [0.2, 0.25) is 0 Å². The van der Waals surface area contributed by atoms with Gasteiger partial charge in [-0.05, 0) is 31.2 Å². The number of carbonyl (C=O) groups is 2. The highest BCUT2D eigenvalue weighted by atomic mass is 16.5. The smallest absolute Gasteiger partial charge is 0.261 e. The molecule has 0 bridgehead atoms. The summed E-state index contributed by atoms with van der Waals surface area (Å²) in [6.45, 7) is 5.40. The van der Waals surface area contributed by atoms with Gasteiger partial charge in [-0.1, -0.05) is 19.0 Å². The lowest BCUT2D eigenvalue weighted by atomic mass is 10.0. The number of hydrogen-bond acceptors (Lipinski definition) is 5. The number of benzene rings is 1. The molecule has 7 heteroatoms. The van der Waals surface area contributed by atoms with Crippen molar-refractivity contribution in [3.63, 3.8) is 0 Å². The first-order chi connectivity index (χ1) is 10.9. The Bertz CT molecular complexity index is 705. The van der Waals surface area contributed by atoms with Crippen LogP contribution in [0.15, 0.2) is 28.8 Å². The summed E-state index contributed by atoms with van der Waals surface area (Å²) in [4.78, 5) is 23.1. The maximum Gasteiger partial charge on any atom is 0.261 e. The van der Waals surface area contributed by atoms with E-state index in [0.29, 0.717) is 28.5 Å². The van der Waals surface area contributed by atoms with Crippen LogP contribution in [0, 0.1) is 6.92 Å². The standard InChI is InChI=1S/C16H19N3O4/c1-9(2)15-14(10(3)19-23-15)16(21)18-11-4-6-12(7-5-11)22-8-13(17)20/h4-7,9H,8H2,1-3H3,(H2,17,20)(H,18,21). The first-order valence-corrected chi connectivity index (χ1v) is 7.17. The molecule has 2 rings (SSSR count). The Labute approximate surface area is 133 Å². The first-order valence-electron chi connectivity index (χ1n) is 7.17. The molecule has 0 saturated heterocycles. The van der Waals surface area contributed by atoms with E-state index in [4.69, 9.17) is 15.0 Å². The normalized spacial score (nSPS) is 10.6. The average molecular weight is 317 g/mol. The zero-order valence-electron chi connectivity index (χ0n) is 13.3. The number of rotatable bonds is 6. The number of primary amides is 1. The summed E-state index contributed by atoms with van der Waals surface area (Å²) in [6, 6.07) is 6.63. The lowest BCUT2D eigenvalue weighted by molar-refractivity contribution is -0.119. The molecule has 0 atom stereocenters. The molecule has 0 spiro atoms. The maximum absolute atomic E-state index is 12.4. The van der Waals surface area contributed by atoms with E-state index in [1.807, 2.05) is 13.8 Å². The Hall–Kier alpha value is -2.83. The molecule has 0 aliphatic heterocycles. The second kappa shape index (κ2) is 6.95. The second-order valence-corrected chi connectivity index (χ2v) is 5.40. The van der Waals surface area contributed by atoms with Crippen molar-refractivity contribution in [2.75, 3.05) is 11.9 Å². The van der Waals surface area contributed by atoms with Crippen molar-refractivity contribution in [3.8, 4) is 5.75 Å². The molecule has 0 aliphatic rings. The van der Waals surface area contributed by atoms with Gasteiger partial charge in [0.05, 0.1) is 5.69 Å². The summed E-state index contributed by atoms with van der Waals surface area (Å²) in [6.07, 6.45) is 0. The van der Waals surface area contributed by atoms with Crippen molar-refractivity contribution in [2.24, 2.45) is 5.73 Å². The predicted molar refractivity (Wildman–Crippen MR) is 84.4 cm³/mol. The summed E-state index contributed by atoms with van der Waals surface area (Å²) in [7, 11) is 0. The number of aryl methyl sites for hydroxylation is 1. The first kappa shape index (κ1) is 16.5. The number of carbonyl (C=O) groups excluding carboxylic acids is 2. The van der Waals surface area contributed by atoms with Crippen LogP contribution in [0.25, 0.3) is 0 Å². The van der Waals surface area contributed by atoms with Crippen molar-refractivity contribution < 1.29 is 18.8 Å². The SMILES string of the molecule is Cc1noc(C(C)C)c1C(=O)Nc1ccc(OCC(N)=O)cc1. The van der Waals surface area contributed by atoms with Crippen LogP contribution in [-0.4, -0.2) is 23.6 Å². The number of hydrogen-bond donors (Lipinski definition) is 2. The van der Waals surface area contributed by atoms with Gasteiger partial charge in [0, 0.05) is 11.6 Å². The molecule has 122 valence electrons. The van der Waals surface area contributed by atoms with Gasteiger partial charge >= 0.3 is 0 Å². The average Bonchev–Trinajstić information content (AvgIpc) is 2.88. The lowest BCUT2D eigenvalue weighted by Gasteiger charge is -2.08. The van der Waals surface area contributed by atoms with E-state index >= 15 is 0 Å². The fraction of sp³-hybridized carbons (Fsp3) is 0.312. The van der Waals surface area contributed by atoms with E-state index in [2.05, 4.69) is 10.5 Å². The summed E-state index contributed by atoms with van der Waals surface area (Å²) in [5, 5.41) is 6.64. The molecule has 1 aromatic heterocycles. The number of anilines is 1. The summed E-state index contributed by atoms with van der Waals surface area (Å²) < 4.78 is 10.4. The summed E-state index contributed by atoms with van der Waals surface area (Å²) >= 11 is 0. The van der Waals surface area contributed by atoms with Gasteiger partial charge in [-0.2, -0.15) is 0 Å². The highest BCUT2D eigenvalue weighted by molar-refractivity contribution is 6.05. The monoisotopic (exact) mass is 317 g/mol. The quantitative estimate of drug-likeness (QED) is 0.849. The van der Waals surface area contributed by atoms with Gasteiger partial charge in [-0.15, -0.1) is 0 Å². The van der Waals surface area contributed by atoms with Crippen molar-refractivity contribution in [2.45, 2.75) is 26.7 Å². The number of nitrogens with one attached hydrogen (secondary N) is 1. The van der Waals surface area contributed by atoms with Crippen molar-refractivity contribution in [1.29, 1.82) is 0 Å². The molecule has 1 heterocycles. The van der Waals surface area contributed by atoms with E-state index in [-0.39, 0.29) is 18.4 Å². The predicted octanol–water partition coefficient (Wildman–Crippen LogP) is 2.22. The fourth-order valence-electron chi connectivity index (χ4n) is 2.04. The topological polar surface area (TPSA) is 107 Å². The number of nitrogens with zero attached hydrogens (tertiary/aromatic N) is 1. The Kier molecular flexibility index (Phi) is 5.00. The molecule has 1 aromatic carbocycles. The number of amides is 2. The highest BCUT2D eigenvalue weighted by Gasteiger charge is 2.22. The molecule has 0 radical (unpaired) electrons. The third-order valence-electron chi connectivity index (χ3n) is 3.13. The molecule has 0 fully saturated rings. The molecule has 23 heavy (non-hydrogen) atoms. The minimum atomic E-state index is -0.550. The molecule has 7 nitrogen and oxygen atoms in total. The minimum Gasteiger partial charge on any atom is -0.484 e. The fourth-order valence-corrected chi connectivity index (χ4v) is 2.04. The molecular weight excluding hydrogens is 298 g/mol. The minimum absolute atomic E-state index is 0.0570. The molecule has 2 aromatic rings. The van der Waals surface area contributed by atoms with Gasteiger partial charge in [0.1, 0.15) is 11.3 Å². The zero-order chi connectivity index (χ0) is 17.0. The molecule has 3 N–H and O–H groups in total. The third kappa shape index (κ3) is 4.09. The van der Waals surface area contributed by atoms with Gasteiger partial charge in [0.25, 0.3) is 11.8 Å². The van der Waals surface area contributed by atoms with Crippen molar-refractivity contribution in [1.82, 2.24) is 5.16 Å². The van der Waals surface area contributed by atoms with Crippen LogP contribution in [0.4, 0.5) is 5.69 Å². The van der Waals surface area contributed by atoms with E-state index in [0.717, 1.165) is 0 Å². The van der Waals surface area contributed by atoms with Crippen LogP contribution in [0.3, 0.4) is 0 Å². The molecule has 0 unspecified atom stereocenters. The van der Waals surface area contributed by atoms with Crippen LogP contribution in [-0.2, 0) is 4.79 Å². The highest BCUT2D eigenvalue weighted by Crippen LogP contribution is 2.24. The molecular formula is C16H19N3O4. The molecule has 0 aliphatic carbocycles. The Morgan fingerprint density at radius 1 is 1.30 bits per heavy atom. The molecule has 0 saturated carbocycles. The van der Waals surface area contributed by atoms with Gasteiger partial charge in [0.15, 0.2) is 12.4 Å². The van der Waals surface area contributed by atoms with E-state index < -0.39 is 5.91 Å². The third-order valence-corrected chi connectivity index (χ3v) is 3.13. The second-order valence-electron chi connectivity index (χ2n) is 5.40.